The Morgan fingerprint density at radius 3 is 3.04 bits per heavy atom. The van der Waals surface area contributed by atoms with Crippen LogP contribution in [0.1, 0.15) is 60.9 Å². The number of aryl methyl sites for hydroxylation is 2. The zero-order chi connectivity index (χ0) is 17.3. The SMILES string of the molecule is O=C(CCc1nc(C2CC2)no1)NCC1(O)CCCc2ccccc21. The summed E-state index contributed by atoms with van der Waals surface area (Å²) >= 11 is 0. The lowest BCUT2D eigenvalue weighted by Crippen LogP contribution is -2.43. The van der Waals surface area contributed by atoms with Crippen LogP contribution in [0.3, 0.4) is 0 Å². The van der Waals surface area contributed by atoms with Gasteiger partial charge in [-0.1, -0.05) is 29.4 Å². The molecule has 2 aliphatic carbocycles. The third-order valence-corrected chi connectivity index (χ3v) is 5.13. The zero-order valence-corrected chi connectivity index (χ0v) is 14.2. The van der Waals surface area contributed by atoms with Crippen LogP contribution in [0.2, 0.25) is 0 Å². The predicted molar refractivity (Wildman–Crippen MR) is 90.9 cm³/mol. The fraction of sp³-hybridized carbons (Fsp3) is 0.526. The second-order valence-electron chi connectivity index (χ2n) is 7.14. The summed E-state index contributed by atoms with van der Waals surface area (Å²) in [7, 11) is 0. The van der Waals surface area contributed by atoms with Gasteiger partial charge in [-0.3, -0.25) is 4.79 Å². The molecular weight excluding hydrogens is 318 g/mol. The standard InChI is InChI=1S/C19H23N3O3/c23-16(9-10-17-21-18(22-25-17)14-7-8-14)20-12-19(24)11-3-5-13-4-1-2-6-15(13)19/h1-2,4,6,14,24H,3,5,7-12H2,(H,20,23). The van der Waals surface area contributed by atoms with Gasteiger partial charge in [0.1, 0.15) is 5.60 Å². The summed E-state index contributed by atoms with van der Waals surface area (Å²) in [6.45, 7) is 0.236. The first kappa shape index (κ1) is 16.3. The molecule has 4 rings (SSSR count). The molecule has 2 aliphatic rings. The second kappa shape index (κ2) is 6.59. The number of hydrogen-bond acceptors (Lipinski definition) is 5. The molecule has 1 amide bonds. The Labute approximate surface area is 146 Å². The third kappa shape index (κ3) is 3.58. The Hall–Kier alpha value is -2.21. The van der Waals surface area contributed by atoms with Crippen LogP contribution in [0, 0.1) is 0 Å². The highest BCUT2D eigenvalue weighted by Gasteiger charge is 2.34. The quantitative estimate of drug-likeness (QED) is 0.841. The Kier molecular flexibility index (Phi) is 4.29. The minimum atomic E-state index is -0.978. The van der Waals surface area contributed by atoms with Crippen molar-refractivity contribution < 1.29 is 14.4 Å². The number of amides is 1. The molecule has 1 aromatic heterocycles. The van der Waals surface area contributed by atoms with Gasteiger partial charge in [0.15, 0.2) is 5.82 Å². The number of nitrogens with zero attached hydrogens (tertiary/aromatic N) is 2. The molecule has 6 nitrogen and oxygen atoms in total. The molecule has 1 fully saturated rings. The van der Waals surface area contributed by atoms with E-state index in [9.17, 15) is 9.90 Å². The number of aliphatic hydroxyl groups is 1. The monoisotopic (exact) mass is 341 g/mol. The van der Waals surface area contributed by atoms with Crippen LogP contribution in [0.5, 0.6) is 0 Å². The summed E-state index contributed by atoms with van der Waals surface area (Å²) in [5, 5.41) is 17.8. The molecule has 2 N–H and O–H groups in total. The maximum absolute atomic E-state index is 12.2. The van der Waals surface area contributed by atoms with Gasteiger partial charge >= 0.3 is 0 Å². The van der Waals surface area contributed by atoms with E-state index < -0.39 is 5.60 Å². The van der Waals surface area contributed by atoms with Crippen molar-refractivity contribution in [1.29, 1.82) is 0 Å². The second-order valence-corrected chi connectivity index (χ2v) is 7.14. The van der Waals surface area contributed by atoms with E-state index in [2.05, 4.69) is 15.5 Å². The van der Waals surface area contributed by atoms with Crippen molar-refractivity contribution in [3.05, 3.63) is 47.1 Å². The van der Waals surface area contributed by atoms with E-state index in [4.69, 9.17) is 4.52 Å². The van der Waals surface area contributed by atoms with E-state index in [0.717, 1.165) is 37.1 Å². The summed E-state index contributed by atoms with van der Waals surface area (Å²) in [5.74, 6) is 1.62. The van der Waals surface area contributed by atoms with Gasteiger partial charge in [-0.15, -0.1) is 0 Å². The van der Waals surface area contributed by atoms with Crippen molar-refractivity contribution in [2.75, 3.05) is 6.54 Å². The first-order valence-electron chi connectivity index (χ1n) is 9.04. The molecule has 6 heteroatoms. The molecule has 0 saturated heterocycles. The van der Waals surface area contributed by atoms with Gasteiger partial charge in [0, 0.05) is 18.8 Å². The maximum atomic E-state index is 12.2. The molecule has 0 bridgehead atoms. The van der Waals surface area contributed by atoms with Crippen LogP contribution in [0.4, 0.5) is 0 Å². The summed E-state index contributed by atoms with van der Waals surface area (Å²) in [5.41, 5.74) is 1.13. The van der Waals surface area contributed by atoms with Crippen LogP contribution in [0.25, 0.3) is 0 Å². The van der Waals surface area contributed by atoms with E-state index in [1.165, 1.54) is 5.56 Å². The molecule has 1 aromatic carbocycles. The zero-order valence-electron chi connectivity index (χ0n) is 14.2. The van der Waals surface area contributed by atoms with Gasteiger partial charge in [0.25, 0.3) is 0 Å². The minimum Gasteiger partial charge on any atom is -0.383 e. The Morgan fingerprint density at radius 1 is 1.36 bits per heavy atom. The highest BCUT2D eigenvalue weighted by atomic mass is 16.5. The molecule has 25 heavy (non-hydrogen) atoms. The molecular formula is C19H23N3O3. The number of rotatable bonds is 6. The lowest BCUT2D eigenvalue weighted by Gasteiger charge is -2.34. The highest BCUT2D eigenvalue weighted by Crippen LogP contribution is 2.38. The number of carbonyl (C=O) groups excluding carboxylic acids is 1. The average molecular weight is 341 g/mol. The fourth-order valence-corrected chi connectivity index (χ4v) is 3.51. The largest absolute Gasteiger partial charge is 0.383 e. The first-order chi connectivity index (χ1) is 12.1. The van der Waals surface area contributed by atoms with Crippen molar-refractivity contribution >= 4 is 5.91 Å². The number of fused-ring (bicyclic) bond motifs is 1. The van der Waals surface area contributed by atoms with Crippen molar-refractivity contribution in [2.45, 2.75) is 56.5 Å². The Bertz CT molecular complexity index is 769. The summed E-state index contributed by atoms with van der Waals surface area (Å²) < 4.78 is 5.19. The van der Waals surface area contributed by atoms with Gasteiger partial charge < -0.3 is 14.9 Å². The number of benzene rings is 1. The van der Waals surface area contributed by atoms with E-state index in [-0.39, 0.29) is 18.9 Å². The molecule has 1 unspecified atom stereocenters. The number of carbonyl (C=O) groups is 1. The molecule has 1 saturated carbocycles. The lowest BCUT2D eigenvalue weighted by molar-refractivity contribution is -0.122. The smallest absolute Gasteiger partial charge is 0.227 e. The van der Waals surface area contributed by atoms with Gasteiger partial charge in [0.2, 0.25) is 11.8 Å². The Balaban J connectivity index is 1.31. The van der Waals surface area contributed by atoms with Crippen LogP contribution in [0.15, 0.2) is 28.8 Å². The molecule has 0 radical (unpaired) electrons. The molecule has 1 heterocycles. The van der Waals surface area contributed by atoms with Crippen LogP contribution >= 0.6 is 0 Å². The topological polar surface area (TPSA) is 88.2 Å². The predicted octanol–water partition coefficient (Wildman–Crippen LogP) is 2.22. The van der Waals surface area contributed by atoms with E-state index in [1.54, 1.807) is 0 Å². The van der Waals surface area contributed by atoms with Crippen molar-refractivity contribution in [1.82, 2.24) is 15.5 Å². The van der Waals surface area contributed by atoms with Gasteiger partial charge in [0.05, 0.1) is 6.54 Å². The number of aromatic nitrogens is 2. The maximum Gasteiger partial charge on any atom is 0.227 e. The van der Waals surface area contributed by atoms with Crippen molar-refractivity contribution in [3.63, 3.8) is 0 Å². The molecule has 0 spiro atoms. The Morgan fingerprint density at radius 2 is 2.20 bits per heavy atom. The first-order valence-corrected chi connectivity index (χ1v) is 9.04. The van der Waals surface area contributed by atoms with E-state index in [0.29, 0.717) is 24.7 Å². The lowest BCUT2D eigenvalue weighted by atomic mass is 9.79. The van der Waals surface area contributed by atoms with Crippen LogP contribution < -0.4 is 5.32 Å². The average Bonchev–Trinajstić information content (AvgIpc) is 3.37. The summed E-state index contributed by atoms with van der Waals surface area (Å²) in [6.07, 6.45) is 5.53. The van der Waals surface area contributed by atoms with Gasteiger partial charge in [-0.25, -0.2) is 0 Å². The summed E-state index contributed by atoms with van der Waals surface area (Å²) in [4.78, 5) is 16.5. The number of nitrogens with one attached hydrogen (secondary N) is 1. The highest BCUT2D eigenvalue weighted by molar-refractivity contribution is 5.76. The molecule has 2 aromatic rings. The minimum absolute atomic E-state index is 0.109. The molecule has 132 valence electrons. The molecule has 1 atom stereocenters. The fourth-order valence-electron chi connectivity index (χ4n) is 3.51. The normalized spacial score (nSPS) is 22.4. The van der Waals surface area contributed by atoms with E-state index in [1.807, 2.05) is 24.3 Å². The van der Waals surface area contributed by atoms with Crippen molar-refractivity contribution in [2.24, 2.45) is 0 Å². The summed E-state index contributed by atoms with van der Waals surface area (Å²) in [6, 6.07) is 7.93. The molecule has 0 aliphatic heterocycles. The van der Waals surface area contributed by atoms with Crippen LogP contribution in [-0.2, 0) is 23.2 Å². The van der Waals surface area contributed by atoms with Crippen molar-refractivity contribution in [3.8, 4) is 0 Å². The van der Waals surface area contributed by atoms with E-state index >= 15 is 0 Å². The third-order valence-electron chi connectivity index (χ3n) is 5.13. The van der Waals surface area contributed by atoms with Crippen LogP contribution in [-0.4, -0.2) is 27.7 Å². The number of hydrogen-bond donors (Lipinski definition) is 2. The van der Waals surface area contributed by atoms with Gasteiger partial charge in [-0.05, 0) is 43.2 Å². The van der Waals surface area contributed by atoms with Gasteiger partial charge in [-0.2, -0.15) is 4.98 Å².